The second-order valence-corrected chi connectivity index (χ2v) is 6.12. The molecule has 0 radical (unpaired) electrons. The number of halogens is 1. The maximum Gasteiger partial charge on any atom is 0.0406 e. The van der Waals surface area contributed by atoms with E-state index in [-0.39, 0.29) is 5.41 Å². The van der Waals surface area contributed by atoms with E-state index in [0.717, 1.165) is 24.5 Å². The molecule has 0 fully saturated rings. The van der Waals surface area contributed by atoms with Crippen molar-refractivity contribution in [3.05, 3.63) is 47.5 Å². The minimum Gasteiger partial charge on any atom is -0.316 e. The number of rotatable bonds is 7. The molecule has 0 bridgehead atoms. The maximum atomic E-state index is 5.90. The summed E-state index contributed by atoms with van der Waals surface area (Å²) in [4.78, 5) is 0. The molecule has 0 spiro atoms. The molecule has 1 atom stereocenters. The molecule has 18 heavy (non-hydrogen) atoms. The zero-order valence-corrected chi connectivity index (χ0v) is 12.4. The second-order valence-electron chi connectivity index (χ2n) is 5.69. The number of nitrogens with one attached hydrogen (secondary N) is 1. The monoisotopic (exact) mass is 265 g/mol. The van der Waals surface area contributed by atoms with Crippen LogP contribution in [0.4, 0.5) is 0 Å². The normalized spacial score (nSPS) is 14.5. The van der Waals surface area contributed by atoms with Crippen LogP contribution in [0.25, 0.3) is 0 Å². The van der Waals surface area contributed by atoms with Gasteiger partial charge in [0.1, 0.15) is 0 Å². The van der Waals surface area contributed by atoms with Crippen molar-refractivity contribution in [3.63, 3.8) is 0 Å². The van der Waals surface area contributed by atoms with Gasteiger partial charge in [-0.2, -0.15) is 0 Å². The van der Waals surface area contributed by atoms with Crippen LogP contribution < -0.4 is 5.32 Å². The summed E-state index contributed by atoms with van der Waals surface area (Å²) in [5, 5.41) is 4.30. The van der Waals surface area contributed by atoms with Crippen LogP contribution in [0.2, 0.25) is 5.02 Å². The SMILES string of the molecule is C=CC(C)(CNCC(C)C)Cc1ccc(Cl)cc1. The van der Waals surface area contributed by atoms with Crippen LogP contribution in [-0.2, 0) is 6.42 Å². The highest BCUT2D eigenvalue weighted by Gasteiger charge is 2.20. The first-order valence-corrected chi connectivity index (χ1v) is 6.92. The summed E-state index contributed by atoms with van der Waals surface area (Å²) in [6.45, 7) is 12.7. The predicted octanol–water partition coefficient (Wildman–Crippen LogP) is 4.32. The summed E-state index contributed by atoms with van der Waals surface area (Å²) in [7, 11) is 0. The molecule has 1 N–H and O–H groups in total. The maximum absolute atomic E-state index is 5.90. The Hall–Kier alpha value is -0.790. The van der Waals surface area contributed by atoms with Gasteiger partial charge in [0, 0.05) is 17.0 Å². The van der Waals surface area contributed by atoms with Gasteiger partial charge >= 0.3 is 0 Å². The minimum atomic E-state index is 0.0860. The summed E-state index contributed by atoms with van der Waals surface area (Å²) in [6, 6.07) is 8.07. The van der Waals surface area contributed by atoms with Crippen molar-refractivity contribution in [2.24, 2.45) is 11.3 Å². The van der Waals surface area contributed by atoms with Crippen LogP contribution >= 0.6 is 11.6 Å². The van der Waals surface area contributed by atoms with Crippen molar-refractivity contribution < 1.29 is 0 Å². The Bertz CT molecular complexity index is 369. The lowest BCUT2D eigenvalue weighted by Crippen LogP contribution is -2.34. The summed E-state index contributed by atoms with van der Waals surface area (Å²) < 4.78 is 0. The van der Waals surface area contributed by atoms with E-state index in [0.29, 0.717) is 5.92 Å². The van der Waals surface area contributed by atoms with E-state index in [4.69, 9.17) is 11.6 Å². The molecule has 1 rings (SSSR count). The molecule has 0 heterocycles. The Morgan fingerprint density at radius 2 is 1.94 bits per heavy atom. The molecule has 1 nitrogen and oxygen atoms in total. The third-order valence-electron chi connectivity index (χ3n) is 3.10. The van der Waals surface area contributed by atoms with Crippen LogP contribution in [0, 0.1) is 11.3 Å². The van der Waals surface area contributed by atoms with Gasteiger partial charge in [-0.25, -0.2) is 0 Å². The summed E-state index contributed by atoms with van der Waals surface area (Å²) in [5.41, 5.74) is 1.39. The zero-order valence-electron chi connectivity index (χ0n) is 11.7. The van der Waals surface area contributed by atoms with Crippen molar-refractivity contribution in [2.45, 2.75) is 27.2 Å². The molecule has 100 valence electrons. The molecule has 0 aromatic heterocycles. The van der Waals surface area contributed by atoms with Gasteiger partial charge in [0.15, 0.2) is 0 Å². The van der Waals surface area contributed by atoms with Gasteiger partial charge in [0.05, 0.1) is 0 Å². The molecule has 1 unspecified atom stereocenters. The third kappa shape index (κ3) is 5.24. The summed E-state index contributed by atoms with van der Waals surface area (Å²) in [5.74, 6) is 0.676. The van der Waals surface area contributed by atoms with Gasteiger partial charge in [0.2, 0.25) is 0 Å². The topological polar surface area (TPSA) is 12.0 Å². The standard InChI is InChI=1S/C16H24ClN/c1-5-16(4,12-18-11-13(2)3)10-14-6-8-15(17)9-7-14/h5-9,13,18H,1,10-12H2,2-4H3. The molecule has 1 aromatic carbocycles. The second kappa shape index (κ2) is 6.96. The third-order valence-corrected chi connectivity index (χ3v) is 3.35. The average molecular weight is 266 g/mol. The fourth-order valence-electron chi connectivity index (χ4n) is 1.92. The molecular formula is C16H24ClN. The number of hydrogen-bond donors (Lipinski definition) is 1. The van der Waals surface area contributed by atoms with E-state index in [1.807, 2.05) is 12.1 Å². The highest BCUT2D eigenvalue weighted by molar-refractivity contribution is 6.30. The van der Waals surface area contributed by atoms with Crippen LogP contribution in [-0.4, -0.2) is 13.1 Å². The molecule has 0 aliphatic rings. The van der Waals surface area contributed by atoms with Gasteiger partial charge in [0.25, 0.3) is 0 Å². The van der Waals surface area contributed by atoms with Crippen molar-refractivity contribution >= 4 is 11.6 Å². The lowest BCUT2D eigenvalue weighted by atomic mass is 9.83. The van der Waals surface area contributed by atoms with E-state index in [9.17, 15) is 0 Å². The zero-order chi connectivity index (χ0) is 13.6. The lowest BCUT2D eigenvalue weighted by Gasteiger charge is -2.27. The molecule has 0 aliphatic carbocycles. The van der Waals surface area contributed by atoms with Crippen molar-refractivity contribution in [3.8, 4) is 0 Å². The van der Waals surface area contributed by atoms with Gasteiger partial charge in [-0.3, -0.25) is 0 Å². The predicted molar refractivity (Wildman–Crippen MR) is 81.2 cm³/mol. The molecule has 0 saturated heterocycles. The largest absolute Gasteiger partial charge is 0.316 e. The van der Waals surface area contributed by atoms with E-state index in [1.54, 1.807) is 0 Å². The van der Waals surface area contributed by atoms with E-state index in [2.05, 4.69) is 50.9 Å². The Morgan fingerprint density at radius 3 is 2.44 bits per heavy atom. The summed E-state index contributed by atoms with van der Waals surface area (Å²) in [6.07, 6.45) is 3.04. The first kappa shape index (κ1) is 15.3. The highest BCUT2D eigenvalue weighted by Crippen LogP contribution is 2.24. The van der Waals surface area contributed by atoms with Crippen LogP contribution in [0.5, 0.6) is 0 Å². The minimum absolute atomic E-state index is 0.0860. The van der Waals surface area contributed by atoms with Crippen LogP contribution in [0.1, 0.15) is 26.3 Å². The van der Waals surface area contributed by atoms with E-state index >= 15 is 0 Å². The first-order chi connectivity index (χ1) is 8.45. The molecule has 1 aromatic rings. The fourth-order valence-corrected chi connectivity index (χ4v) is 2.05. The number of hydrogen-bond acceptors (Lipinski definition) is 1. The van der Waals surface area contributed by atoms with E-state index in [1.165, 1.54) is 5.56 Å². The van der Waals surface area contributed by atoms with E-state index < -0.39 is 0 Å². The van der Waals surface area contributed by atoms with Gasteiger partial charge in [-0.1, -0.05) is 50.6 Å². The van der Waals surface area contributed by atoms with Crippen molar-refractivity contribution in [1.29, 1.82) is 0 Å². The van der Waals surface area contributed by atoms with Gasteiger partial charge < -0.3 is 5.32 Å². The molecular weight excluding hydrogens is 242 g/mol. The average Bonchev–Trinajstić information content (AvgIpc) is 2.32. The van der Waals surface area contributed by atoms with Gasteiger partial charge in [-0.15, -0.1) is 6.58 Å². The van der Waals surface area contributed by atoms with Crippen LogP contribution in [0.3, 0.4) is 0 Å². The highest BCUT2D eigenvalue weighted by atomic mass is 35.5. The quantitative estimate of drug-likeness (QED) is 0.724. The van der Waals surface area contributed by atoms with Crippen molar-refractivity contribution in [1.82, 2.24) is 5.32 Å². The Labute approximate surface area is 116 Å². The van der Waals surface area contributed by atoms with Crippen LogP contribution in [0.15, 0.2) is 36.9 Å². The summed E-state index contributed by atoms with van der Waals surface area (Å²) >= 11 is 5.90. The Morgan fingerprint density at radius 1 is 1.33 bits per heavy atom. The Kier molecular flexibility index (Phi) is 5.90. The molecule has 0 aliphatic heterocycles. The smallest absolute Gasteiger partial charge is 0.0406 e. The molecule has 2 heteroatoms. The van der Waals surface area contributed by atoms with Gasteiger partial charge in [-0.05, 0) is 36.6 Å². The molecule has 0 saturated carbocycles. The first-order valence-electron chi connectivity index (χ1n) is 6.54. The Balaban J connectivity index is 2.58. The lowest BCUT2D eigenvalue weighted by molar-refractivity contribution is 0.378. The fraction of sp³-hybridized carbons (Fsp3) is 0.500. The van der Waals surface area contributed by atoms with Crippen molar-refractivity contribution in [2.75, 3.05) is 13.1 Å². The number of benzene rings is 1. The molecule has 0 amide bonds.